The summed E-state index contributed by atoms with van der Waals surface area (Å²) < 4.78 is 38.9. The van der Waals surface area contributed by atoms with Crippen molar-refractivity contribution in [1.29, 1.82) is 0 Å². The van der Waals surface area contributed by atoms with Gasteiger partial charge < -0.3 is 15.3 Å². The zero-order valence-electron chi connectivity index (χ0n) is 15.3. The van der Waals surface area contributed by atoms with Gasteiger partial charge in [-0.25, -0.2) is 4.79 Å². The third kappa shape index (κ3) is 6.57. The largest absolute Gasteiger partial charge is 0.481 e. The van der Waals surface area contributed by atoms with Gasteiger partial charge in [0.1, 0.15) is 0 Å². The van der Waals surface area contributed by atoms with Gasteiger partial charge in [-0.3, -0.25) is 4.79 Å². The average molecular weight is 374 g/mol. The maximum absolute atomic E-state index is 13.0. The highest BCUT2D eigenvalue weighted by Gasteiger charge is 2.31. The molecule has 2 unspecified atom stereocenters. The molecule has 0 bridgehead atoms. The first-order chi connectivity index (χ1) is 11.9. The van der Waals surface area contributed by atoms with Crippen LogP contribution in [0.5, 0.6) is 0 Å². The van der Waals surface area contributed by atoms with Gasteiger partial charge in [0, 0.05) is 13.6 Å². The molecule has 1 rings (SSSR count). The van der Waals surface area contributed by atoms with E-state index in [0.29, 0.717) is 12.0 Å². The smallest absolute Gasteiger partial charge is 0.416 e. The van der Waals surface area contributed by atoms with Gasteiger partial charge in [0.25, 0.3) is 0 Å². The molecule has 0 aromatic heterocycles. The number of carbonyl (C=O) groups excluding carboxylic acids is 1. The molecule has 26 heavy (non-hydrogen) atoms. The van der Waals surface area contributed by atoms with Crippen molar-refractivity contribution in [3.63, 3.8) is 0 Å². The summed E-state index contributed by atoms with van der Waals surface area (Å²) in [6.07, 6.45) is -4.01. The molecular weight excluding hydrogens is 349 g/mol. The summed E-state index contributed by atoms with van der Waals surface area (Å²) in [5.41, 5.74) is -0.410. The lowest BCUT2D eigenvalue weighted by molar-refractivity contribution is -0.141. The molecule has 2 atom stereocenters. The molecule has 0 radical (unpaired) electrons. The zero-order chi connectivity index (χ0) is 20.1. The number of nitrogens with one attached hydrogen (secondary N) is 1. The molecule has 0 heterocycles. The highest BCUT2D eigenvalue weighted by Crippen LogP contribution is 2.32. The Bertz CT molecular complexity index is 632. The number of carbonyl (C=O) groups is 2. The minimum atomic E-state index is -4.46. The Morgan fingerprint density at radius 2 is 1.85 bits per heavy atom. The van der Waals surface area contributed by atoms with E-state index in [1.807, 2.05) is 13.8 Å². The van der Waals surface area contributed by atoms with Gasteiger partial charge in [0.2, 0.25) is 0 Å². The van der Waals surface area contributed by atoms with E-state index in [1.54, 1.807) is 6.07 Å². The number of carboxylic acid groups (broad SMARTS) is 1. The fourth-order valence-electron chi connectivity index (χ4n) is 2.51. The van der Waals surface area contributed by atoms with Crippen LogP contribution in [-0.4, -0.2) is 35.6 Å². The van der Waals surface area contributed by atoms with E-state index in [2.05, 4.69) is 5.32 Å². The van der Waals surface area contributed by atoms with Crippen LogP contribution in [0.4, 0.5) is 18.0 Å². The number of halogens is 3. The van der Waals surface area contributed by atoms with E-state index >= 15 is 0 Å². The van der Waals surface area contributed by atoms with Gasteiger partial charge in [-0.1, -0.05) is 32.9 Å². The van der Waals surface area contributed by atoms with Crippen LogP contribution in [0.1, 0.15) is 44.4 Å². The standard InChI is InChI=1S/C18H25F3N2O3/c1-11(2)8-15(13-6-5-7-14(9-13)18(19,20)21)22-17(26)23(4)10-12(3)16(24)25/h5-7,9,11-12,15H,8,10H2,1-4H3,(H,22,26)(H,24,25). The lowest BCUT2D eigenvalue weighted by atomic mass is 9.95. The van der Waals surface area contributed by atoms with Gasteiger partial charge in [0.15, 0.2) is 0 Å². The van der Waals surface area contributed by atoms with Gasteiger partial charge in [-0.05, 0) is 30.0 Å². The number of aliphatic carboxylic acids is 1. The number of amides is 2. The summed E-state index contributed by atoms with van der Waals surface area (Å²) in [6, 6.07) is 3.75. The number of carboxylic acids is 1. The second-order valence-electron chi connectivity index (χ2n) is 6.87. The number of hydrogen-bond acceptors (Lipinski definition) is 2. The number of alkyl halides is 3. The van der Waals surface area contributed by atoms with Gasteiger partial charge >= 0.3 is 18.2 Å². The van der Waals surface area contributed by atoms with Crippen LogP contribution in [0.3, 0.4) is 0 Å². The molecule has 5 nitrogen and oxygen atoms in total. The Kier molecular flexibility index (Phi) is 7.47. The minimum absolute atomic E-state index is 0.00183. The first kappa shape index (κ1) is 21.8. The first-order valence-electron chi connectivity index (χ1n) is 8.33. The van der Waals surface area contributed by atoms with Gasteiger partial charge in [-0.2, -0.15) is 13.2 Å². The number of benzene rings is 1. The second-order valence-corrected chi connectivity index (χ2v) is 6.87. The molecule has 0 fully saturated rings. The van der Waals surface area contributed by atoms with E-state index in [4.69, 9.17) is 5.11 Å². The Morgan fingerprint density at radius 3 is 2.35 bits per heavy atom. The van der Waals surface area contributed by atoms with Crippen molar-refractivity contribution in [1.82, 2.24) is 10.2 Å². The maximum atomic E-state index is 13.0. The van der Waals surface area contributed by atoms with E-state index in [-0.39, 0.29) is 12.5 Å². The molecule has 0 aliphatic heterocycles. The monoisotopic (exact) mass is 374 g/mol. The number of hydrogen-bond donors (Lipinski definition) is 2. The molecular formula is C18H25F3N2O3. The van der Waals surface area contributed by atoms with Crippen molar-refractivity contribution in [2.24, 2.45) is 11.8 Å². The van der Waals surface area contributed by atoms with Crippen LogP contribution in [0.2, 0.25) is 0 Å². The predicted octanol–water partition coefficient (Wildman–Crippen LogP) is 4.15. The fourth-order valence-corrected chi connectivity index (χ4v) is 2.51. The van der Waals surface area contributed by atoms with E-state index in [1.165, 1.54) is 24.9 Å². The summed E-state index contributed by atoms with van der Waals surface area (Å²) in [5, 5.41) is 11.6. The van der Waals surface area contributed by atoms with Gasteiger partial charge in [-0.15, -0.1) is 0 Å². The number of rotatable bonds is 7. The molecule has 1 aromatic rings. The van der Waals surface area contributed by atoms with Gasteiger partial charge in [0.05, 0.1) is 17.5 Å². The van der Waals surface area contributed by atoms with E-state index in [0.717, 1.165) is 12.1 Å². The van der Waals surface area contributed by atoms with Crippen molar-refractivity contribution < 1.29 is 27.9 Å². The average Bonchev–Trinajstić information content (AvgIpc) is 2.52. The maximum Gasteiger partial charge on any atom is 0.416 e. The van der Waals surface area contributed by atoms with Crippen molar-refractivity contribution in [2.75, 3.05) is 13.6 Å². The van der Waals surface area contributed by atoms with Crippen LogP contribution in [0.25, 0.3) is 0 Å². The lowest BCUT2D eigenvalue weighted by Crippen LogP contribution is -2.42. The number of urea groups is 1. The minimum Gasteiger partial charge on any atom is -0.481 e. The van der Waals surface area contributed by atoms with Crippen LogP contribution < -0.4 is 5.32 Å². The molecule has 1 aromatic carbocycles. The topological polar surface area (TPSA) is 69.6 Å². The molecule has 0 saturated carbocycles. The second kappa shape index (κ2) is 8.91. The van der Waals surface area contributed by atoms with E-state index in [9.17, 15) is 22.8 Å². The Balaban J connectivity index is 2.97. The molecule has 0 aliphatic carbocycles. The summed E-state index contributed by atoms with van der Waals surface area (Å²) in [5.74, 6) is -1.64. The van der Waals surface area contributed by atoms with Crippen LogP contribution in [0.15, 0.2) is 24.3 Å². The summed E-state index contributed by atoms with van der Waals surface area (Å²) in [4.78, 5) is 24.5. The van der Waals surface area contributed by atoms with Crippen LogP contribution >= 0.6 is 0 Å². The summed E-state index contributed by atoms with van der Waals surface area (Å²) >= 11 is 0. The van der Waals surface area contributed by atoms with Crippen molar-refractivity contribution in [3.8, 4) is 0 Å². The van der Waals surface area contributed by atoms with Crippen LogP contribution in [0, 0.1) is 11.8 Å². The Labute approximate surface area is 151 Å². The summed E-state index contributed by atoms with van der Waals surface area (Å²) in [7, 11) is 1.45. The quantitative estimate of drug-likeness (QED) is 0.753. The third-order valence-electron chi connectivity index (χ3n) is 3.94. The summed E-state index contributed by atoms with van der Waals surface area (Å²) in [6.45, 7) is 5.29. The highest BCUT2D eigenvalue weighted by atomic mass is 19.4. The first-order valence-corrected chi connectivity index (χ1v) is 8.33. The number of nitrogens with zero attached hydrogens (tertiary/aromatic N) is 1. The molecule has 0 spiro atoms. The SMILES string of the molecule is CC(C)CC(NC(=O)N(C)CC(C)C(=O)O)c1cccc(C(F)(F)F)c1. The molecule has 0 aliphatic rings. The molecule has 0 saturated heterocycles. The Morgan fingerprint density at radius 1 is 1.23 bits per heavy atom. The fraction of sp³-hybridized carbons (Fsp3) is 0.556. The normalized spacial score (nSPS) is 14.0. The highest BCUT2D eigenvalue weighted by molar-refractivity contribution is 5.76. The predicted molar refractivity (Wildman–Crippen MR) is 91.6 cm³/mol. The molecule has 2 N–H and O–H groups in total. The third-order valence-corrected chi connectivity index (χ3v) is 3.94. The van der Waals surface area contributed by atoms with Crippen molar-refractivity contribution in [3.05, 3.63) is 35.4 Å². The zero-order valence-corrected chi connectivity index (χ0v) is 15.3. The Hall–Kier alpha value is -2.25. The molecule has 2 amide bonds. The molecule has 146 valence electrons. The van der Waals surface area contributed by atoms with E-state index < -0.39 is 35.7 Å². The molecule has 8 heteroatoms. The van der Waals surface area contributed by atoms with Crippen molar-refractivity contribution in [2.45, 2.75) is 39.4 Å². The lowest BCUT2D eigenvalue weighted by Gasteiger charge is -2.26. The van der Waals surface area contributed by atoms with Crippen LogP contribution in [-0.2, 0) is 11.0 Å². The van der Waals surface area contributed by atoms with Crippen molar-refractivity contribution >= 4 is 12.0 Å².